The van der Waals surface area contributed by atoms with Crippen LogP contribution in [0.15, 0.2) is 33.6 Å². The average molecular weight is 272 g/mol. The maximum Gasteiger partial charge on any atom is 0.0186 e. The van der Waals surface area contributed by atoms with E-state index in [4.69, 9.17) is 5.73 Å². The summed E-state index contributed by atoms with van der Waals surface area (Å²) in [6.07, 6.45) is 3.57. The van der Waals surface area contributed by atoms with E-state index in [1.165, 1.54) is 17.7 Å². The first-order valence-corrected chi connectivity index (χ1v) is 6.63. The lowest BCUT2D eigenvalue weighted by Crippen LogP contribution is -2.21. The Balaban J connectivity index is 1.80. The third kappa shape index (κ3) is 3.01. The summed E-state index contributed by atoms with van der Waals surface area (Å²) in [6, 6.07) is 8.42. The summed E-state index contributed by atoms with van der Waals surface area (Å²) >= 11 is 5.36. The van der Waals surface area contributed by atoms with Crippen molar-refractivity contribution < 1.29 is 0 Å². The molecular weight excluding hydrogens is 258 g/mol. The summed E-state index contributed by atoms with van der Waals surface area (Å²) in [6.45, 7) is 0. The van der Waals surface area contributed by atoms with Crippen molar-refractivity contribution in [2.75, 3.05) is 5.75 Å². The lowest BCUT2D eigenvalue weighted by Gasteiger charge is -2.07. The van der Waals surface area contributed by atoms with Crippen molar-refractivity contribution in [2.24, 2.45) is 5.73 Å². The van der Waals surface area contributed by atoms with E-state index in [1.54, 1.807) is 0 Å². The molecule has 0 amide bonds. The van der Waals surface area contributed by atoms with Crippen LogP contribution >= 0.6 is 27.7 Å². The fourth-order valence-corrected chi connectivity index (χ4v) is 3.02. The SMILES string of the molecule is NC1(CCSc2cccc(Br)c2)CC1. The molecule has 0 aromatic heterocycles. The lowest BCUT2D eigenvalue weighted by molar-refractivity contribution is 0.656. The number of nitrogens with two attached hydrogens (primary N) is 1. The molecule has 3 heteroatoms. The highest BCUT2D eigenvalue weighted by Crippen LogP contribution is 2.37. The molecule has 1 aliphatic carbocycles. The van der Waals surface area contributed by atoms with Gasteiger partial charge in [0.2, 0.25) is 0 Å². The Bertz CT molecular complexity index is 323. The van der Waals surface area contributed by atoms with Gasteiger partial charge in [0, 0.05) is 14.9 Å². The molecule has 0 bridgehead atoms. The highest BCUT2D eigenvalue weighted by atomic mass is 79.9. The topological polar surface area (TPSA) is 26.0 Å². The minimum Gasteiger partial charge on any atom is -0.325 e. The van der Waals surface area contributed by atoms with E-state index in [0.717, 1.165) is 16.6 Å². The van der Waals surface area contributed by atoms with E-state index < -0.39 is 0 Å². The average Bonchev–Trinajstić information content (AvgIpc) is 2.84. The summed E-state index contributed by atoms with van der Waals surface area (Å²) in [4.78, 5) is 1.32. The van der Waals surface area contributed by atoms with Crippen molar-refractivity contribution in [3.63, 3.8) is 0 Å². The number of thioether (sulfide) groups is 1. The predicted octanol–water partition coefficient (Wildman–Crippen LogP) is 3.42. The Morgan fingerprint density at radius 3 is 2.86 bits per heavy atom. The molecule has 0 radical (unpaired) electrons. The van der Waals surface area contributed by atoms with Gasteiger partial charge in [-0.05, 0) is 43.2 Å². The smallest absolute Gasteiger partial charge is 0.0186 e. The second-order valence-corrected chi connectivity index (χ2v) is 6.00. The molecule has 0 atom stereocenters. The lowest BCUT2D eigenvalue weighted by atomic mass is 10.2. The zero-order valence-corrected chi connectivity index (χ0v) is 10.4. The molecule has 0 heterocycles. The van der Waals surface area contributed by atoms with Crippen LogP contribution in [0.5, 0.6) is 0 Å². The molecule has 1 aromatic carbocycles. The van der Waals surface area contributed by atoms with Gasteiger partial charge < -0.3 is 5.73 Å². The van der Waals surface area contributed by atoms with E-state index in [-0.39, 0.29) is 5.54 Å². The van der Waals surface area contributed by atoms with Gasteiger partial charge in [-0.1, -0.05) is 22.0 Å². The third-order valence-corrected chi connectivity index (χ3v) is 4.05. The quantitative estimate of drug-likeness (QED) is 0.850. The number of benzene rings is 1. The van der Waals surface area contributed by atoms with Crippen LogP contribution in [-0.4, -0.2) is 11.3 Å². The number of hydrogen-bond acceptors (Lipinski definition) is 2. The van der Waals surface area contributed by atoms with E-state index in [1.807, 2.05) is 11.8 Å². The molecule has 1 aliphatic rings. The Morgan fingerprint density at radius 1 is 1.43 bits per heavy atom. The number of halogens is 1. The highest BCUT2D eigenvalue weighted by molar-refractivity contribution is 9.10. The maximum atomic E-state index is 6.02. The first-order chi connectivity index (χ1) is 6.68. The number of hydrogen-bond donors (Lipinski definition) is 1. The van der Waals surface area contributed by atoms with Gasteiger partial charge in [0.05, 0.1) is 0 Å². The van der Waals surface area contributed by atoms with Gasteiger partial charge >= 0.3 is 0 Å². The monoisotopic (exact) mass is 271 g/mol. The fraction of sp³-hybridized carbons (Fsp3) is 0.455. The first kappa shape index (κ1) is 10.5. The second kappa shape index (κ2) is 4.25. The van der Waals surface area contributed by atoms with Crippen LogP contribution in [0.4, 0.5) is 0 Å². The van der Waals surface area contributed by atoms with Crippen LogP contribution in [0.1, 0.15) is 19.3 Å². The summed E-state index contributed by atoms with van der Waals surface area (Å²) in [5.74, 6) is 1.13. The Labute approximate surface area is 97.6 Å². The first-order valence-electron chi connectivity index (χ1n) is 4.85. The molecule has 1 saturated carbocycles. The van der Waals surface area contributed by atoms with Gasteiger partial charge in [-0.3, -0.25) is 0 Å². The minimum atomic E-state index is 0.193. The van der Waals surface area contributed by atoms with Crippen LogP contribution in [-0.2, 0) is 0 Å². The normalized spacial score (nSPS) is 18.1. The van der Waals surface area contributed by atoms with E-state index >= 15 is 0 Å². The van der Waals surface area contributed by atoms with Crippen molar-refractivity contribution in [1.29, 1.82) is 0 Å². The molecular formula is C11H14BrNS. The molecule has 0 aliphatic heterocycles. The maximum absolute atomic E-state index is 6.02. The van der Waals surface area contributed by atoms with Crippen molar-refractivity contribution in [3.05, 3.63) is 28.7 Å². The summed E-state index contributed by atoms with van der Waals surface area (Å²) < 4.78 is 1.15. The predicted molar refractivity (Wildman–Crippen MR) is 65.6 cm³/mol. The van der Waals surface area contributed by atoms with Crippen LogP contribution < -0.4 is 5.73 Å². The Morgan fingerprint density at radius 2 is 2.21 bits per heavy atom. The zero-order chi connectivity index (χ0) is 10.0. The molecule has 0 saturated heterocycles. The molecule has 14 heavy (non-hydrogen) atoms. The van der Waals surface area contributed by atoms with Crippen molar-refractivity contribution >= 4 is 27.7 Å². The standard InChI is InChI=1S/C11H14BrNS/c12-9-2-1-3-10(8-9)14-7-6-11(13)4-5-11/h1-3,8H,4-7,13H2. The molecule has 0 unspecified atom stereocenters. The van der Waals surface area contributed by atoms with Crippen LogP contribution in [0.2, 0.25) is 0 Å². The van der Waals surface area contributed by atoms with Gasteiger partial charge in [0.25, 0.3) is 0 Å². The number of rotatable bonds is 4. The van der Waals surface area contributed by atoms with Crippen molar-refractivity contribution in [2.45, 2.75) is 29.7 Å². The van der Waals surface area contributed by atoms with Gasteiger partial charge in [-0.25, -0.2) is 0 Å². The fourth-order valence-electron chi connectivity index (χ4n) is 1.34. The molecule has 76 valence electrons. The molecule has 1 fully saturated rings. The molecule has 1 aromatic rings. The highest BCUT2D eigenvalue weighted by Gasteiger charge is 2.37. The van der Waals surface area contributed by atoms with Crippen molar-refractivity contribution in [3.8, 4) is 0 Å². The summed E-state index contributed by atoms with van der Waals surface area (Å²) in [5, 5.41) is 0. The summed E-state index contributed by atoms with van der Waals surface area (Å²) in [7, 11) is 0. The van der Waals surface area contributed by atoms with Crippen molar-refractivity contribution in [1.82, 2.24) is 0 Å². The van der Waals surface area contributed by atoms with E-state index in [2.05, 4.69) is 40.2 Å². The van der Waals surface area contributed by atoms with E-state index in [0.29, 0.717) is 0 Å². The molecule has 2 rings (SSSR count). The van der Waals surface area contributed by atoms with Crippen LogP contribution in [0.3, 0.4) is 0 Å². The molecule has 2 N–H and O–H groups in total. The Kier molecular flexibility index (Phi) is 3.20. The minimum absolute atomic E-state index is 0.193. The summed E-state index contributed by atoms with van der Waals surface area (Å²) in [5.41, 5.74) is 6.21. The van der Waals surface area contributed by atoms with E-state index in [9.17, 15) is 0 Å². The Hall–Kier alpha value is 0.01000. The zero-order valence-electron chi connectivity index (χ0n) is 8.00. The van der Waals surface area contributed by atoms with Gasteiger partial charge in [-0.15, -0.1) is 11.8 Å². The van der Waals surface area contributed by atoms with Crippen LogP contribution in [0.25, 0.3) is 0 Å². The molecule has 0 spiro atoms. The van der Waals surface area contributed by atoms with Gasteiger partial charge in [0.15, 0.2) is 0 Å². The second-order valence-electron chi connectivity index (χ2n) is 3.92. The third-order valence-electron chi connectivity index (χ3n) is 2.56. The van der Waals surface area contributed by atoms with Crippen LogP contribution in [0, 0.1) is 0 Å². The largest absolute Gasteiger partial charge is 0.325 e. The van der Waals surface area contributed by atoms with Gasteiger partial charge in [0.1, 0.15) is 0 Å². The van der Waals surface area contributed by atoms with Gasteiger partial charge in [-0.2, -0.15) is 0 Å². The molecule has 1 nitrogen and oxygen atoms in total.